The highest BCUT2D eigenvalue weighted by atomic mass is 35.5. The second kappa shape index (κ2) is 7.99. The lowest BCUT2D eigenvalue weighted by Crippen LogP contribution is -2.23. The van der Waals surface area contributed by atoms with Gasteiger partial charge in [-0.1, -0.05) is 48.0 Å². The van der Waals surface area contributed by atoms with Crippen LogP contribution in [0.3, 0.4) is 0 Å². The first-order chi connectivity index (χ1) is 14.3. The van der Waals surface area contributed by atoms with Crippen LogP contribution in [0.2, 0.25) is 5.02 Å². The Morgan fingerprint density at radius 1 is 1.14 bits per heavy atom. The molecule has 1 saturated heterocycles. The maximum Gasteiger partial charge on any atom is 0.229 e. The first kappa shape index (κ1) is 18.4. The molecule has 0 saturated carbocycles. The van der Waals surface area contributed by atoms with Crippen LogP contribution < -0.4 is 15.7 Å². The Bertz CT molecular complexity index is 1010. The van der Waals surface area contributed by atoms with E-state index >= 15 is 0 Å². The molecule has 0 spiro atoms. The van der Waals surface area contributed by atoms with Crippen molar-refractivity contribution in [3.8, 4) is 0 Å². The van der Waals surface area contributed by atoms with Gasteiger partial charge in [-0.3, -0.25) is 4.84 Å². The number of halogens is 1. The van der Waals surface area contributed by atoms with Gasteiger partial charge in [-0.05, 0) is 41.8 Å². The van der Waals surface area contributed by atoms with Crippen molar-refractivity contribution in [2.45, 2.75) is 25.4 Å². The summed E-state index contributed by atoms with van der Waals surface area (Å²) in [6.45, 7) is 2.55. The minimum Gasteiger partial charge on any atom is -0.324 e. The van der Waals surface area contributed by atoms with Crippen LogP contribution in [-0.4, -0.2) is 23.1 Å². The van der Waals surface area contributed by atoms with Crippen LogP contribution in [0.15, 0.2) is 54.7 Å². The molecule has 1 fully saturated rings. The SMILES string of the molecule is Clc1cnc(Nc2ccc3c(c2)CCNC3)nc1N1OCCC1c1ccccc1. The quantitative estimate of drug-likeness (QED) is 0.668. The summed E-state index contributed by atoms with van der Waals surface area (Å²) in [5.41, 5.74) is 4.85. The number of hydroxylamine groups is 1. The van der Waals surface area contributed by atoms with Crippen molar-refractivity contribution in [1.29, 1.82) is 0 Å². The highest BCUT2D eigenvalue weighted by Crippen LogP contribution is 2.37. The third-order valence-corrected chi connectivity index (χ3v) is 5.64. The van der Waals surface area contributed by atoms with Crippen molar-refractivity contribution in [2.75, 3.05) is 23.5 Å². The number of nitrogens with zero attached hydrogens (tertiary/aromatic N) is 3. The molecule has 3 heterocycles. The molecule has 29 heavy (non-hydrogen) atoms. The molecule has 0 amide bonds. The lowest BCUT2D eigenvalue weighted by Gasteiger charge is -2.25. The van der Waals surface area contributed by atoms with Gasteiger partial charge in [-0.2, -0.15) is 4.98 Å². The predicted molar refractivity (Wildman–Crippen MR) is 114 cm³/mol. The number of fused-ring (bicyclic) bond motifs is 1. The number of rotatable bonds is 4. The van der Waals surface area contributed by atoms with Crippen LogP contribution in [0.4, 0.5) is 17.5 Å². The molecular weight excluding hydrogens is 386 g/mol. The summed E-state index contributed by atoms with van der Waals surface area (Å²) in [5, 5.41) is 8.99. The van der Waals surface area contributed by atoms with E-state index in [0.717, 1.165) is 31.6 Å². The average Bonchev–Trinajstić information content (AvgIpc) is 3.25. The zero-order chi connectivity index (χ0) is 19.6. The number of benzene rings is 2. The summed E-state index contributed by atoms with van der Waals surface area (Å²) in [7, 11) is 0. The van der Waals surface area contributed by atoms with Gasteiger partial charge in [0.2, 0.25) is 5.95 Å². The number of nitrogens with one attached hydrogen (secondary N) is 2. The second-order valence-electron chi connectivity index (χ2n) is 7.27. The number of hydrogen-bond acceptors (Lipinski definition) is 6. The van der Waals surface area contributed by atoms with E-state index in [2.05, 4.69) is 50.9 Å². The zero-order valence-electron chi connectivity index (χ0n) is 15.9. The van der Waals surface area contributed by atoms with E-state index in [1.165, 1.54) is 16.7 Å². The standard InChI is InChI=1S/C22H22ClN5O/c23-19-14-25-22(26-18-7-6-17-13-24-10-8-16(17)12-18)27-21(19)28-20(9-11-29-28)15-4-2-1-3-5-15/h1-7,12,14,20,24H,8-11,13H2,(H,25,26,27). The van der Waals surface area contributed by atoms with Gasteiger partial charge in [0.15, 0.2) is 5.82 Å². The molecule has 148 valence electrons. The summed E-state index contributed by atoms with van der Waals surface area (Å²) in [4.78, 5) is 14.9. The lowest BCUT2D eigenvalue weighted by molar-refractivity contribution is 0.157. The molecule has 7 heteroatoms. The minimum atomic E-state index is 0.0766. The van der Waals surface area contributed by atoms with Gasteiger partial charge in [0.25, 0.3) is 0 Å². The van der Waals surface area contributed by atoms with Crippen molar-refractivity contribution in [2.24, 2.45) is 0 Å². The van der Waals surface area contributed by atoms with Crippen molar-refractivity contribution < 1.29 is 4.84 Å². The summed E-state index contributed by atoms with van der Waals surface area (Å²) in [5.74, 6) is 1.08. The van der Waals surface area contributed by atoms with Crippen LogP contribution in [0, 0.1) is 0 Å². The molecule has 0 bridgehead atoms. The summed E-state index contributed by atoms with van der Waals surface area (Å²) in [6.07, 6.45) is 3.53. The molecule has 1 unspecified atom stereocenters. The molecule has 1 atom stereocenters. The fraction of sp³-hybridized carbons (Fsp3) is 0.273. The van der Waals surface area contributed by atoms with Crippen molar-refractivity contribution in [3.05, 3.63) is 76.4 Å². The Kier molecular flexibility index (Phi) is 5.06. The Morgan fingerprint density at radius 3 is 2.93 bits per heavy atom. The zero-order valence-corrected chi connectivity index (χ0v) is 16.7. The molecule has 0 radical (unpaired) electrons. The van der Waals surface area contributed by atoms with Crippen LogP contribution in [0.1, 0.15) is 29.2 Å². The van der Waals surface area contributed by atoms with Crippen molar-refractivity contribution in [1.82, 2.24) is 15.3 Å². The second-order valence-corrected chi connectivity index (χ2v) is 7.68. The Balaban J connectivity index is 1.42. The number of anilines is 3. The molecule has 5 rings (SSSR count). The summed E-state index contributed by atoms with van der Waals surface area (Å²) >= 11 is 6.45. The van der Waals surface area contributed by atoms with E-state index in [1.54, 1.807) is 6.20 Å². The van der Waals surface area contributed by atoms with E-state index in [9.17, 15) is 0 Å². The molecule has 6 nitrogen and oxygen atoms in total. The van der Waals surface area contributed by atoms with Gasteiger partial charge in [0.1, 0.15) is 5.02 Å². The highest BCUT2D eigenvalue weighted by Gasteiger charge is 2.30. The van der Waals surface area contributed by atoms with Gasteiger partial charge in [0.05, 0.1) is 18.8 Å². The van der Waals surface area contributed by atoms with Crippen molar-refractivity contribution in [3.63, 3.8) is 0 Å². The minimum absolute atomic E-state index is 0.0766. The molecule has 2 aliphatic rings. The first-order valence-corrected chi connectivity index (χ1v) is 10.2. The number of aromatic nitrogens is 2. The fourth-order valence-electron chi connectivity index (χ4n) is 3.91. The maximum atomic E-state index is 6.45. The van der Waals surface area contributed by atoms with Gasteiger partial charge in [0, 0.05) is 18.7 Å². The highest BCUT2D eigenvalue weighted by molar-refractivity contribution is 6.32. The maximum absolute atomic E-state index is 6.45. The molecule has 1 aromatic heterocycles. The van der Waals surface area contributed by atoms with Gasteiger partial charge >= 0.3 is 0 Å². The normalized spacial score (nSPS) is 18.5. The molecule has 3 aromatic rings. The largest absolute Gasteiger partial charge is 0.324 e. The Hall–Kier alpha value is -2.67. The third-order valence-electron chi connectivity index (χ3n) is 5.37. The first-order valence-electron chi connectivity index (χ1n) is 9.87. The average molecular weight is 408 g/mol. The Morgan fingerprint density at radius 2 is 2.03 bits per heavy atom. The van der Waals surface area contributed by atoms with E-state index in [-0.39, 0.29) is 6.04 Å². The van der Waals surface area contributed by atoms with E-state index < -0.39 is 0 Å². The summed E-state index contributed by atoms with van der Waals surface area (Å²) in [6, 6.07) is 16.7. The fourth-order valence-corrected chi connectivity index (χ4v) is 4.09. The summed E-state index contributed by atoms with van der Waals surface area (Å²) < 4.78 is 0. The Labute approximate surface area is 174 Å². The van der Waals surface area contributed by atoms with Crippen LogP contribution >= 0.6 is 11.6 Å². The molecule has 0 aliphatic carbocycles. The third kappa shape index (κ3) is 3.79. The number of hydrogen-bond donors (Lipinski definition) is 2. The molecule has 2 N–H and O–H groups in total. The lowest BCUT2D eigenvalue weighted by atomic mass is 10.0. The van der Waals surface area contributed by atoms with E-state index in [1.807, 2.05) is 23.3 Å². The molecular formula is C22H22ClN5O. The topological polar surface area (TPSA) is 62.3 Å². The van der Waals surface area contributed by atoms with Gasteiger partial charge in [-0.25, -0.2) is 10.0 Å². The smallest absolute Gasteiger partial charge is 0.229 e. The van der Waals surface area contributed by atoms with Gasteiger partial charge < -0.3 is 10.6 Å². The van der Waals surface area contributed by atoms with Crippen LogP contribution in [0.25, 0.3) is 0 Å². The molecule has 2 aliphatic heterocycles. The van der Waals surface area contributed by atoms with Crippen LogP contribution in [-0.2, 0) is 17.8 Å². The van der Waals surface area contributed by atoms with Crippen LogP contribution in [0.5, 0.6) is 0 Å². The van der Waals surface area contributed by atoms with Crippen molar-refractivity contribution >= 4 is 29.1 Å². The van der Waals surface area contributed by atoms with Gasteiger partial charge in [-0.15, -0.1) is 0 Å². The molecule has 2 aromatic carbocycles. The monoisotopic (exact) mass is 407 g/mol. The van der Waals surface area contributed by atoms with E-state index in [4.69, 9.17) is 16.4 Å². The van der Waals surface area contributed by atoms with E-state index in [0.29, 0.717) is 23.4 Å². The predicted octanol–water partition coefficient (Wildman–Crippen LogP) is 4.40.